The minimum absolute atomic E-state index is 0.121. The van der Waals surface area contributed by atoms with Crippen LogP contribution >= 0.6 is 15.9 Å². The Morgan fingerprint density at radius 2 is 2.00 bits per heavy atom. The number of amides is 1. The molecule has 0 bridgehead atoms. The van der Waals surface area contributed by atoms with E-state index in [1.807, 2.05) is 27.7 Å². The molecule has 0 radical (unpaired) electrons. The Kier molecular flexibility index (Phi) is 4.83. The van der Waals surface area contributed by atoms with Crippen LogP contribution in [0.15, 0.2) is 0 Å². The fraction of sp³-hybridized carbons (Fsp3) is 0.889. The van der Waals surface area contributed by atoms with Crippen molar-refractivity contribution in [1.29, 1.82) is 0 Å². The summed E-state index contributed by atoms with van der Waals surface area (Å²) in [5, 5.41) is 3.88. The van der Waals surface area contributed by atoms with Gasteiger partial charge in [0, 0.05) is 16.8 Å². The molecule has 0 heterocycles. The van der Waals surface area contributed by atoms with E-state index in [4.69, 9.17) is 0 Å². The maximum atomic E-state index is 11.4. The molecule has 72 valence electrons. The molecule has 0 saturated carbocycles. The maximum Gasteiger partial charge on any atom is 0.225 e. The molecule has 0 aromatic heterocycles. The number of carbonyl (C=O) groups excluding carboxylic acids is 1. The van der Waals surface area contributed by atoms with Gasteiger partial charge in [0.15, 0.2) is 0 Å². The first kappa shape index (κ1) is 11.9. The number of alkyl halides is 1. The third-order valence-electron chi connectivity index (χ3n) is 1.60. The molecular formula is C9H18BrNO. The molecular weight excluding hydrogens is 218 g/mol. The summed E-state index contributed by atoms with van der Waals surface area (Å²) in [5.41, 5.74) is -0.277. The van der Waals surface area contributed by atoms with Crippen LogP contribution in [0.3, 0.4) is 0 Å². The van der Waals surface area contributed by atoms with Crippen LogP contribution in [0.4, 0.5) is 0 Å². The predicted molar refractivity (Wildman–Crippen MR) is 55.5 cm³/mol. The molecule has 0 aliphatic carbocycles. The lowest BCUT2D eigenvalue weighted by molar-refractivity contribution is -0.129. The predicted octanol–water partition coefficient (Wildman–Crippen LogP) is 2.32. The summed E-state index contributed by atoms with van der Waals surface area (Å²) >= 11 is 3.34. The summed E-state index contributed by atoms with van der Waals surface area (Å²) in [7, 11) is 0. The second kappa shape index (κ2) is 4.85. The van der Waals surface area contributed by atoms with E-state index in [0.29, 0.717) is 0 Å². The van der Waals surface area contributed by atoms with Gasteiger partial charge < -0.3 is 5.32 Å². The lowest BCUT2D eigenvalue weighted by atomic mass is 9.95. The van der Waals surface area contributed by atoms with E-state index in [0.717, 1.165) is 11.8 Å². The van der Waals surface area contributed by atoms with Crippen LogP contribution in [0.1, 0.15) is 34.1 Å². The molecule has 0 fully saturated rings. The highest BCUT2D eigenvalue weighted by molar-refractivity contribution is 9.09. The van der Waals surface area contributed by atoms with Crippen molar-refractivity contribution in [3.05, 3.63) is 0 Å². The maximum absolute atomic E-state index is 11.4. The van der Waals surface area contributed by atoms with E-state index in [9.17, 15) is 4.79 Å². The van der Waals surface area contributed by atoms with E-state index in [1.54, 1.807) is 0 Å². The molecule has 1 atom stereocenters. The summed E-state index contributed by atoms with van der Waals surface area (Å²) in [6.07, 6.45) is 0.974. The van der Waals surface area contributed by atoms with Crippen LogP contribution < -0.4 is 5.32 Å². The molecule has 2 nitrogen and oxygen atoms in total. The minimum Gasteiger partial charge on any atom is -0.353 e. The zero-order valence-electron chi connectivity index (χ0n) is 8.28. The Labute approximate surface area is 83.2 Å². The van der Waals surface area contributed by atoms with Crippen molar-refractivity contribution < 1.29 is 4.79 Å². The summed E-state index contributed by atoms with van der Waals surface area (Å²) in [4.78, 5) is 11.4. The Morgan fingerprint density at radius 1 is 1.50 bits per heavy atom. The highest BCUT2D eigenvalue weighted by Crippen LogP contribution is 2.13. The van der Waals surface area contributed by atoms with Crippen LogP contribution in [0.2, 0.25) is 0 Å². The van der Waals surface area contributed by atoms with Gasteiger partial charge in [-0.3, -0.25) is 4.79 Å². The average molecular weight is 236 g/mol. The number of carbonyl (C=O) groups is 1. The van der Waals surface area contributed by atoms with Gasteiger partial charge in [-0.25, -0.2) is 0 Å². The number of nitrogens with one attached hydrogen (secondary N) is 1. The van der Waals surface area contributed by atoms with Gasteiger partial charge in [0.1, 0.15) is 0 Å². The third-order valence-corrected chi connectivity index (χ3v) is 2.06. The molecule has 3 heteroatoms. The topological polar surface area (TPSA) is 29.1 Å². The fourth-order valence-electron chi connectivity index (χ4n) is 0.676. The molecule has 0 aromatic rings. The Balaban J connectivity index is 3.85. The van der Waals surface area contributed by atoms with Crippen molar-refractivity contribution in [1.82, 2.24) is 5.32 Å². The molecule has 0 aromatic carbocycles. The number of halogens is 1. The highest BCUT2D eigenvalue weighted by Gasteiger charge is 2.21. The van der Waals surface area contributed by atoms with E-state index in [1.165, 1.54) is 0 Å². The van der Waals surface area contributed by atoms with Gasteiger partial charge in [-0.2, -0.15) is 0 Å². The fourth-order valence-corrected chi connectivity index (χ4v) is 1.36. The third kappa shape index (κ3) is 4.75. The number of rotatable bonds is 3. The quantitative estimate of drug-likeness (QED) is 0.748. The first-order valence-corrected chi connectivity index (χ1v) is 5.37. The number of hydrogen-bond donors (Lipinski definition) is 1. The summed E-state index contributed by atoms with van der Waals surface area (Å²) < 4.78 is 0. The van der Waals surface area contributed by atoms with Gasteiger partial charge in [0.25, 0.3) is 0 Å². The normalized spacial score (nSPS) is 14.1. The van der Waals surface area contributed by atoms with Gasteiger partial charge in [-0.15, -0.1) is 0 Å². The van der Waals surface area contributed by atoms with Gasteiger partial charge in [0.05, 0.1) is 0 Å². The van der Waals surface area contributed by atoms with Crippen molar-refractivity contribution in [2.75, 3.05) is 5.33 Å². The van der Waals surface area contributed by atoms with Crippen molar-refractivity contribution in [2.45, 2.75) is 40.2 Å². The SMILES string of the molecule is CC(CCBr)NC(=O)C(C)(C)C. The largest absolute Gasteiger partial charge is 0.353 e. The van der Waals surface area contributed by atoms with Crippen LogP contribution in [-0.2, 0) is 4.79 Å². The van der Waals surface area contributed by atoms with Gasteiger partial charge in [-0.05, 0) is 13.3 Å². The molecule has 0 rings (SSSR count). The molecule has 1 unspecified atom stereocenters. The zero-order chi connectivity index (χ0) is 9.78. The first-order valence-electron chi connectivity index (χ1n) is 4.25. The number of hydrogen-bond acceptors (Lipinski definition) is 1. The van der Waals surface area contributed by atoms with E-state index in [2.05, 4.69) is 21.2 Å². The minimum atomic E-state index is -0.277. The van der Waals surface area contributed by atoms with E-state index < -0.39 is 0 Å². The molecule has 0 aliphatic heterocycles. The Hall–Kier alpha value is -0.0500. The summed E-state index contributed by atoms with van der Waals surface area (Å²) in [6.45, 7) is 7.78. The molecule has 0 saturated heterocycles. The summed E-state index contributed by atoms with van der Waals surface area (Å²) in [6, 6.07) is 0.260. The second-order valence-electron chi connectivity index (χ2n) is 4.10. The van der Waals surface area contributed by atoms with E-state index >= 15 is 0 Å². The molecule has 0 aliphatic rings. The van der Waals surface area contributed by atoms with Crippen molar-refractivity contribution in [2.24, 2.45) is 5.41 Å². The molecule has 12 heavy (non-hydrogen) atoms. The zero-order valence-corrected chi connectivity index (χ0v) is 9.86. The molecule has 0 spiro atoms. The van der Waals surface area contributed by atoms with Crippen LogP contribution in [0.25, 0.3) is 0 Å². The smallest absolute Gasteiger partial charge is 0.225 e. The van der Waals surface area contributed by atoms with Crippen LogP contribution in [0.5, 0.6) is 0 Å². The molecule has 1 N–H and O–H groups in total. The van der Waals surface area contributed by atoms with Gasteiger partial charge >= 0.3 is 0 Å². The van der Waals surface area contributed by atoms with Gasteiger partial charge in [-0.1, -0.05) is 36.7 Å². The Bertz CT molecular complexity index is 151. The Morgan fingerprint density at radius 3 is 2.33 bits per heavy atom. The van der Waals surface area contributed by atoms with Crippen molar-refractivity contribution >= 4 is 21.8 Å². The first-order chi connectivity index (χ1) is 5.38. The van der Waals surface area contributed by atoms with Crippen molar-refractivity contribution in [3.63, 3.8) is 0 Å². The highest BCUT2D eigenvalue weighted by atomic mass is 79.9. The lowest BCUT2D eigenvalue weighted by Crippen LogP contribution is -2.40. The molecule has 1 amide bonds. The van der Waals surface area contributed by atoms with Crippen LogP contribution in [0, 0.1) is 5.41 Å². The standard InChI is InChI=1S/C9H18BrNO/c1-7(5-6-10)11-8(12)9(2,3)4/h7H,5-6H2,1-4H3,(H,11,12). The van der Waals surface area contributed by atoms with Gasteiger partial charge in [0.2, 0.25) is 5.91 Å². The average Bonchev–Trinajstić information content (AvgIpc) is 1.85. The van der Waals surface area contributed by atoms with E-state index in [-0.39, 0.29) is 17.4 Å². The van der Waals surface area contributed by atoms with Crippen LogP contribution in [-0.4, -0.2) is 17.3 Å². The second-order valence-corrected chi connectivity index (χ2v) is 4.90. The summed E-state index contributed by atoms with van der Waals surface area (Å²) in [5.74, 6) is 0.121. The lowest BCUT2D eigenvalue weighted by Gasteiger charge is -2.21. The monoisotopic (exact) mass is 235 g/mol. The van der Waals surface area contributed by atoms with Crippen molar-refractivity contribution in [3.8, 4) is 0 Å².